The van der Waals surface area contributed by atoms with Gasteiger partial charge in [-0.1, -0.05) is 50.6 Å². The van der Waals surface area contributed by atoms with Gasteiger partial charge in [0.2, 0.25) is 5.60 Å². The molecule has 0 radical (unpaired) electrons. The quantitative estimate of drug-likeness (QED) is 0.387. The Morgan fingerprint density at radius 1 is 1.34 bits per heavy atom. The molecule has 7 atom stereocenters. The van der Waals surface area contributed by atoms with Crippen molar-refractivity contribution in [3.05, 3.63) is 36.0 Å². The second kappa shape index (κ2) is 7.84. The fourth-order valence-electron chi connectivity index (χ4n) is 7.27. The van der Waals surface area contributed by atoms with Gasteiger partial charge < -0.3 is 14.6 Å². The van der Waals surface area contributed by atoms with Crippen molar-refractivity contribution in [3.63, 3.8) is 0 Å². The number of esters is 2. The molecule has 0 spiro atoms. The molecule has 0 aromatic heterocycles. The molecule has 0 aliphatic heterocycles. The van der Waals surface area contributed by atoms with Crippen molar-refractivity contribution >= 4 is 29.3 Å². The molecule has 7 heteroatoms. The van der Waals surface area contributed by atoms with Crippen LogP contribution in [-0.4, -0.2) is 40.6 Å². The Kier molecular flexibility index (Phi) is 5.70. The van der Waals surface area contributed by atoms with E-state index in [1.807, 2.05) is 13.0 Å². The van der Waals surface area contributed by atoms with Crippen LogP contribution in [0.5, 0.6) is 0 Å². The molecule has 0 aromatic rings. The lowest BCUT2D eigenvalue weighted by Gasteiger charge is -2.59. The normalized spacial score (nSPS) is 42.5. The van der Waals surface area contributed by atoms with E-state index in [0.29, 0.717) is 12.0 Å². The van der Waals surface area contributed by atoms with Gasteiger partial charge >= 0.3 is 11.9 Å². The highest BCUT2D eigenvalue weighted by Gasteiger charge is 2.73. The Labute approximate surface area is 193 Å². The van der Waals surface area contributed by atoms with Crippen molar-refractivity contribution in [2.75, 3.05) is 6.07 Å². The highest BCUT2D eigenvalue weighted by atomic mass is 35.5. The smallest absolute Gasteiger partial charge is 0.356 e. The summed E-state index contributed by atoms with van der Waals surface area (Å²) in [6, 6.07) is -0.363. The Morgan fingerprint density at radius 3 is 2.72 bits per heavy atom. The molecular weight excluding hydrogens is 432 g/mol. The molecule has 32 heavy (non-hydrogen) atoms. The van der Waals surface area contributed by atoms with E-state index in [4.69, 9.17) is 21.1 Å². The molecule has 0 heterocycles. The first-order chi connectivity index (χ1) is 15.0. The van der Waals surface area contributed by atoms with Crippen LogP contribution in [0, 0.1) is 28.6 Å². The average molecular weight is 463 g/mol. The van der Waals surface area contributed by atoms with Crippen LogP contribution in [0.1, 0.15) is 52.9 Å². The van der Waals surface area contributed by atoms with Gasteiger partial charge in [0.15, 0.2) is 11.8 Å². The first kappa shape index (κ1) is 23.2. The van der Waals surface area contributed by atoms with E-state index in [9.17, 15) is 19.5 Å². The lowest BCUT2D eigenvalue weighted by molar-refractivity contribution is -0.206. The number of fused-ring (bicyclic) bond motifs is 5. The van der Waals surface area contributed by atoms with Crippen LogP contribution >= 0.6 is 11.6 Å². The standard InChI is InChI=1S/C25H31ClO6/c1-5-20(29)32-25(22(30)31-13-26)14(2)10-18-17-7-6-15-11-16(27)8-9-23(15,3)21(17)19(28)12-24(18,25)4/h8-9,11,17-19,21,28H,2,5-7,10,12-13H2,1,3-4H3/t17-,18-,19-,21+,23-,24-,25+/m0/s1. The molecule has 174 valence electrons. The summed E-state index contributed by atoms with van der Waals surface area (Å²) in [6.45, 7) is 9.82. The van der Waals surface area contributed by atoms with Gasteiger partial charge in [0.25, 0.3) is 0 Å². The third-order valence-corrected chi connectivity index (χ3v) is 8.79. The van der Waals surface area contributed by atoms with Crippen LogP contribution in [0.15, 0.2) is 36.0 Å². The van der Waals surface area contributed by atoms with E-state index in [-0.39, 0.29) is 42.4 Å². The molecule has 0 aromatic carbocycles. The number of aliphatic hydroxyl groups is 1. The number of hydrogen-bond donors (Lipinski definition) is 1. The second-order valence-corrected chi connectivity index (χ2v) is 10.3. The van der Waals surface area contributed by atoms with E-state index in [2.05, 4.69) is 13.5 Å². The number of carbonyl (C=O) groups excluding carboxylic acids is 3. The van der Waals surface area contributed by atoms with Gasteiger partial charge in [-0.15, -0.1) is 0 Å². The number of ketones is 1. The number of hydrogen-bond acceptors (Lipinski definition) is 6. The van der Waals surface area contributed by atoms with Gasteiger partial charge in [0.05, 0.1) is 6.10 Å². The predicted molar refractivity (Wildman–Crippen MR) is 118 cm³/mol. The van der Waals surface area contributed by atoms with Crippen LogP contribution < -0.4 is 0 Å². The lowest BCUT2D eigenvalue weighted by atomic mass is 9.46. The fraction of sp³-hybridized carbons (Fsp3) is 0.640. The first-order valence-electron chi connectivity index (χ1n) is 11.3. The van der Waals surface area contributed by atoms with Gasteiger partial charge in [-0.05, 0) is 55.2 Å². The van der Waals surface area contributed by atoms with E-state index in [0.717, 1.165) is 18.4 Å². The lowest BCUT2D eigenvalue weighted by Crippen LogP contribution is -2.63. The molecule has 0 bridgehead atoms. The summed E-state index contributed by atoms with van der Waals surface area (Å²) in [5.41, 5.74) is -1.45. The Hall–Kier alpha value is -1.92. The van der Waals surface area contributed by atoms with Gasteiger partial charge in [0, 0.05) is 23.2 Å². The van der Waals surface area contributed by atoms with Crippen LogP contribution in [0.4, 0.5) is 0 Å². The summed E-state index contributed by atoms with van der Waals surface area (Å²) in [4.78, 5) is 37.7. The molecule has 1 N–H and O–H groups in total. The molecule has 6 nitrogen and oxygen atoms in total. The molecule has 4 aliphatic carbocycles. The van der Waals surface area contributed by atoms with Crippen LogP contribution in [0.2, 0.25) is 0 Å². The third kappa shape index (κ3) is 2.98. The summed E-state index contributed by atoms with van der Waals surface area (Å²) in [6.07, 6.45) is 6.83. The minimum Gasteiger partial charge on any atom is -0.446 e. The molecule has 0 amide bonds. The Bertz CT molecular complexity index is 937. The van der Waals surface area contributed by atoms with Crippen molar-refractivity contribution in [1.29, 1.82) is 0 Å². The number of aliphatic hydroxyl groups excluding tert-OH is 1. The van der Waals surface area contributed by atoms with Gasteiger partial charge in [0.1, 0.15) is 0 Å². The SMILES string of the molecule is C=C1C[C@H]2[C@@H]3CCC4=CC(=O)C=C[C@]4(C)[C@H]3[C@@H](O)C[C@]2(C)[C@]1(OC(=O)CC)C(=O)OCCl. The van der Waals surface area contributed by atoms with E-state index in [1.165, 1.54) is 0 Å². The number of ether oxygens (including phenoxy) is 2. The maximum absolute atomic E-state index is 13.3. The zero-order valence-corrected chi connectivity index (χ0v) is 19.6. The van der Waals surface area contributed by atoms with E-state index in [1.54, 1.807) is 19.1 Å². The molecule has 4 rings (SSSR count). The van der Waals surface area contributed by atoms with Crippen molar-refractivity contribution < 1.29 is 29.0 Å². The van der Waals surface area contributed by atoms with Crippen LogP contribution in [-0.2, 0) is 23.9 Å². The number of halogens is 1. The number of rotatable bonds is 4. The van der Waals surface area contributed by atoms with E-state index < -0.39 is 34.5 Å². The maximum Gasteiger partial charge on any atom is 0.356 e. The predicted octanol–water partition coefficient (Wildman–Crippen LogP) is 3.86. The summed E-state index contributed by atoms with van der Waals surface area (Å²) >= 11 is 5.72. The van der Waals surface area contributed by atoms with Crippen molar-refractivity contribution in [2.24, 2.45) is 28.6 Å². The average Bonchev–Trinajstić information content (AvgIpc) is 2.95. The minimum atomic E-state index is -1.68. The zero-order valence-electron chi connectivity index (χ0n) is 18.9. The zero-order chi connectivity index (χ0) is 23.5. The second-order valence-electron chi connectivity index (χ2n) is 10.1. The van der Waals surface area contributed by atoms with E-state index >= 15 is 0 Å². The number of carbonyl (C=O) groups is 3. The van der Waals surface area contributed by atoms with Gasteiger partial charge in [-0.3, -0.25) is 9.59 Å². The Balaban J connectivity index is 1.80. The maximum atomic E-state index is 13.3. The fourth-order valence-corrected chi connectivity index (χ4v) is 7.37. The summed E-state index contributed by atoms with van der Waals surface area (Å²) in [5.74, 6) is -1.35. The van der Waals surface area contributed by atoms with Gasteiger partial charge in [-0.25, -0.2) is 4.79 Å². The highest BCUT2D eigenvalue weighted by Crippen LogP contribution is 2.69. The van der Waals surface area contributed by atoms with Gasteiger partial charge in [-0.2, -0.15) is 0 Å². The monoisotopic (exact) mass is 462 g/mol. The largest absolute Gasteiger partial charge is 0.446 e. The van der Waals surface area contributed by atoms with Crippen molar-refractivity contribution in [3.8, 4) is 0 Å². The topological polar surface area (TPSA) is 89.9 Å². The third-order valence-electron chi connectivity index (χ3n) is 8.68. The molecule has 3 fully saturated rings. The summed E-state index contributed by atoms with van der Waals surface area (Å²) in [5, 5.41) is 11.5. The van der Waals surface area contributed by atoms with Crippen LogP contribution in [0.25, 0.3) is 0 Å². The minimum absolute atomic E-state index is 0.0189. The molecule has 4 aliphatic rings. The highest BCUT2D eigenvalue weighted by molar-refractivity contribution is 6.17. The van der Waals surface area contributed by atoms with Crippen molar-refractivity contribution in [2.45, 2.75) is 64.6 Å². The number of alkyl halides is 1. The van der Waals surface area contributed by atoms with Crippen molar-refractivity contribution in [1.82, 2.24) is 0 Å². The number of allylic oxidation sites excluding steroid dienone is 4. The first-order valence-corrected chi connectivity index (χ1v) is 11.8. The van der Waals surface area contributed by atoms with Crippen LogP contribution in [0.3, 0.4) is 0 Å². The summed E-state index contributed by atoms with van der Waals surface area (Å²) < 4.78 is 11.1. The Morgan fingerprint density at radius 2 is 2.06 bits per heavy atom. The molecule has 0 saturated heterocycles. The summed E-state index contributed by atoms with van der Waals surface area (Å²) in [7, 11) is 0. The molecule has 0 unspecified atom stereocenters. The molecular formula is C25H31ClO6. The molecule has 3 saturated carbocycles.